The Hall–Kier alpha value is -1.63. The number of hydrogen-bond donors (Lipinski definition) is 3. The highest BCUT2D eigenvalue weighted by Gasteiger charge is 2.42. The van der Waals surface area contributed by atoms with Crippen LogP contribution in [0.25, 0.3) is 0 Å². The highest BCUT2D eigenvalue weighted by atomic mass is 35.5. The van der Waals surface area contributed by atoms with E-state index in [1.54, 1.807) is 12.1 Å². The van der Waals surface area contributed by atoms with E-state index < -0.39 is 6.10 Å². The van der Waals surface area contributed by atoms with Crippen molar-refractivity contribution in [1.82, 2.24) is 10.2 Å². The van der Waals surface area contributed by atoms with Crippen molar-refractivity contribution in [3.8, 4) is 0 Å². The molecule has 7 heteroatoms. The third kappa shape index (κ3) is 4.55. The molecule has 142 valence electrons. The molecule has 1 aliphatic carbocycles. The molecular weight excluding hydrogens is 354 g/mol. The number of aliphatic hydroxyl groups excluding tert-OH is 1. The maximum absolute atomic E-state index is 12.4. The number of aliphatic hydroxyl groups is 1. The summed E-state index contributed by atoms with van der Waals surface area (Å²) < 4.78 is 0. The Kier molecular flexibility index (Phi) is 5.85. The van der Waals surface area contributed by atoms with Gasteiger partial charge < -0.3 is 15.7 Å². The van der Waals surface area contributed by atoms with E-state index in [1.165, 1.54) is 6.92 Å². The first kappa shape index (κ1) is 19.1. The van der Waals surface area contributed by atoms with E-state index >= 15 is 0 Å². The van der Waals surface area contributed by atoms with Crippen LogP contribution in [0.15, 0.2) is 18.2 Å². The molecule has 2 amide bonds. The first-order chi connectivity index (χ1) is 12.3. The Labute approximate surface area is 158 Å². The van der Waals surface area contributed by atoms with Crippen LogP contribution in [0.1, 0.15) is 25.3 Å². The van der Waals surface area contributed by atoms with Crippen LogP contribution in [0.3, 0.4) is 0 Å². The molecule has 0 unspecified atom stereocenters. The fourth-order valence-corrected chi connectivity index (χ4v) is 4.32. The number of carbonyl (C=O) groups excluding carboxylic acids is 2. The van der Waals surface area contributed by atoms with Gasteiger partial charge in [0.1, 0.15) is 0 Å². The number of nitrogens with zero attached hydrogens (tertiary/aromatic N) is 1. The Bertz CT molecular complexity index is 697. The smallest absolute Gasteiger partial charge is 0.238 e. The zero-order valence-electron chi connectivity index (χ0n) is 15.2. The summed E-state index contributed by atoms with van der Waals surface area (Å²) in [6, 6.07) is 5.25. The molecule has 1 aliphatic heterocycles. The molecule has 0 spiro atoms. The number of rotatable bonds is 4. The largest absolute Gasteiger partial charge is 0.391 e. The molecule has 2 fully saturated rings. The van der Waals surface area contributed by atoms with Gasteiger partial charge in [-0.3, -0.25) is 14.5 Å². The van der Waals surface area contributed by atoms with E-state index in [-0.39, 0.29) is 17.9 Å². The number of benzene rings is 1. The summed E-state index contributed by atoms with van der Waals surface area (Å²) in [7, 11) is 0. The topological polar surface area (TPSA) is 81.7 Å². The zero-order chi connectivity index (χ0) is 18.8. The lowest BCUT2D eigenvalue weighted by Gasteiger charge is -2.35. The van der Waals surface area contributed by atoms with E-state index in [2.05, 4.69) is 15.5 Å². The number of fused-ring (bicyclic) bond motifs is 1. The number of carbonyl (C=O) groups is 2. The number of nitrogens with one attached hydrogen (secondary N) is 2. The van der Waals surface area contributed by atoms with E-state index in [4.69, 9.17) is 11.6 Å². The van der Waals surface area contributed by atoms with E-state index in [0.29, 0.717) is 29.8 Å². The van der Waals surface area contributed by atoms with Crippen LogP contribution in [0.2, 0.25) is 5.02 Å². The minimum absolute atomic E-state index is 0.0515. The number of hydrogen-bond acceptors (Lipinski definition) is 4. The van der Waals surface area contributed by atoms with Crippen LogP contribution in [-0.2, 0) is 9.59 Å². The van der Waals surface area contributed by atoms with Crippen LogP contribution in [0, 0.1) is 18.8 Å². The van der Waals surface area contributed by atoms with E-state index in [1.807, 2.05) is 13.0 Å². The van der Waals surface area contributed by atoms with Crippen molar-refractivity contribution in [3.05, 3.63) is 28.8 Å². The quantitative estimate of drug-likeness (QED) is 0.745. The van der Waals surface area contributed by atoms with E-state index in [0.717, 1.165) is 30.8 Å². The Morgan fingerprint density at radius 3 is 2.62 bits per heavy atom. The predicted octanol–water partition coefficient (Wildman–Crippen LogP) is 1.79. The normalized spacial score (nSPS) is 28.5. The highest BCUT2D eigenvalue weighted by Crippen LogP contribution is 2.36. The monoisotopic (exact) mass is 379 g/mol. The molecule has 2 aliphatic rings. The van der Waals surface area contributed by atoms with Crippen molar-refractivity contribution in [3.63, 3.8) is 0 Å². The minimum atomic E-state index is -0.508. The number of anilines is 1. The lowest BCUT2D eigenvalue weighted by molar-refractivity contribution is -0.121. The van der Waals surface area contributed by atoms with Gasteiger partial charge in [-0.2, -0.15) is 0 Å². The SMILES string of the molecule is CC(=O)N[C@@H]1C[C@@H]2CN(CC(=O)Nc3ccc(Cl)c(C)c3)C[C@@H]2C[C@H]1O. The number of halogens is 1. The maximum Gasteiger partial charge on any atom is 0.238 e. The van der Waals surface area contributed by atoms with Crippen molar-refractivity contribution in [1.29, 1.82) is 0 Å². The summed E-state index contributed by atoms with van der Waals surface area (Å²) in [4.78, 5) is 25.8. The molecule has 1 saturated heterocycles. The Morgan fingerprint density at radius 1 is 1.27 bits per heavy atom. The Morgan fingerprint density at radius 2 is 1.96 bits per heavy atom. The van der Waals surface area contributed by atoms with Gasteiger partial charge in [-0.1, -0.05) is 11.6 Å². The third-order valence-corrected chi connectivity index (χ3v) is 5.84. The van der Waals surface area contributed by atoms with Gasteiger partial charge >= 0.3 is 0 Å². The number of likely N-dealkylation sites (tertiary alicyclic amines) is 1. The minimum Gasteiger partial charge on any atom is -0.391 e. The van der Waals surface area contributed by atoms with Crippen LogP contribution in [0.4, 0.5) is 5.69 Å². The molecule has 26 heavy (non-hydrogen) atoms. The summed E-state index contributed by atoms with van der Waals surface area (Å²) in [5.41, 5.74) is 1.67. The van der Waals surface area contributed by atoms with Gasteiger partial charge in [0.05, 0.1) is 18.7 Å². The summed E-state index contributed by atoms with van der Waals surface area (Å²) in [6.45, 7) is 5.33. The van der Waals surface area contributed by atoms with Crippen LogP contribution >= 0.6 is 11.6 Å². The van der Waals surface area contributed by atoms with Crippen molar-refractivity contribution >= 4 is 29.1 Å². The fourth-order valence-electron chi connectivity index (χ4n) is 4.20. The molecule has 0 aromatic heterocycles. The van der Waals surface area contributed by atoms with Gasteiger partial charge in [0.15, 0.2) is 0 Å². The van der Waals surface area contributed by atoms with Crippen LogP contribution in [0.5, 0.6) is 0 Å². The fraction of sp³-hybridized carbons (Fsp3) is 0.579. The summed E-state index contributed by atoms with van der Waals surface area (Å²) in [5.74, 6) is 0.616. The van der Waals surface area contributed by atoms with Crippen molar-refractivity contribution in [2.45, 2.75) is 38.8 Å². The maximum atomic E-state index is 12.4. The first-order valence-corrected chi connectivity index (χ1v) is 9.43. The van der Waals surface area contributed by atoms with E-state index in [9.17, 15) is 14.7 Å². The van der Waals surface area contributed by atoms with Crippen molar-refractivity contribution in [2.75, 3.05) is 25.0 Å². The summed E-state index contributed by atoms with van der Waals surface area (Å²) >= 11 is 6.01. The van der Waals surface area contributed by atoms with Crippen LogP contribution in [-0.4, -0.2) is 53.6 Å². The second-order valence-electron chi connectivity index (χ2n) is 7.57. The van der Waals surface area contributed by atoms with Gasteiger partial charge in [-0.25, -0.2) is 0 Å². The third-order valence-electron chi connectivity index (χ3n) is 5.42. The number of aryl methyl sites for hydroxylation is 1. The average Bonchev–Trinajstić information content (AvgIpc) is 2.91. The molecule has 3 N–H and O–H groups in total. The van der Waals surface area contributed by atoms with Gasteiger partial charge in [0.25, 0.3) is 0 Å². The molecule has 1 heterocycles. The summed E-state index contributed by atoms with van der Waals surface area (Å²) in [6.07, 6.45) is 0.926. The van der Waals surface area contributed by atoms with Gasteiger partial charge in [0, 0.05) is 30.7 Å². The molecule has 3 rings (SSSR count). The molecule has 1 aromatic rings. The van der Waals surface area contributed by atoms with Crippen molar-refractivity contribution in [2.24, 2.45) is 11.8 Å². The Balaban J connectivity index is 1.53. The molecule has 6 nitrogen and oxygen atoms in total. The highest BCUT2D eigenvalue weighted by molar-refractivity contribution is 6.31. The molecule has 1 saturated carbocycles. The van der Waals surface area contributed by atoms with Gasteiger partial charge in [-0.05, 0) is 55.4 Å². The van der Waals surface area contributed by atoms with Gasteiger partial charge in [0.2, 0.25) is 11.8 Å². The molecule has 0 bridgehead atoms. The molecule has 0 radical (unpaired) electrons. The molecular formula is C19H26ClN3O3. The standard InChI is InChI=1S/C19H26ClN3O3/c1-11-5-15(3-4-16(11)20)22-19(26)10-23-8-13-6-17(21-12(2)24)18(25)7-14(13)9-23/h3-5,13-14,17-18,25H,6-10H2,1-2H3,(H,21,24)(H,22,26)/t13-,14+,17-,18-/m1/s1. The first-order valence-electron chi connectivity index (χ1n) is 9.05. The second-order valence-corrected chi connectivity index (χ2v) is 7.98. The second kappa shape index (κ2) is 7.94. The summed E-state index contributed by atoms with van der Waals surface area (Å²) in [5, 5.41) is 16.7. The molecule has 4 atom stereocenters. The molecule has 1 aromatic carbocycles. The van der Waals surface area contributed by atoms with Gasteiger partial charge in [-0.15, -0.1) is 0 Å². The lowest BCUT2D eigenvalue weighted by atomic mass is 9.77. The average molecular weight is 380 g/mol. The predicted molar refractivity (Wildman–Crippen MR) is 101 cm³/mol. The zero-order valence-corrected chi connectivity index (χ0v) is 15.9. The number of amides is 2. The lowest BCUT2D eigenvalue weighted by Crippen LogP contribution is -2.48. The van der Waals surface area contributed by atoms with Crippen molar-refractivity contribution < 1.29 is 14.7 Å². The van der Waals surface area contributed by atoms with Crippen LogP contribution < -0.4 is 10.6 Å².